The number of sulfone groups is 1. The number of nitrogens with two attached hydrogens (primary N) is 1. The number of hydrogen-bond donors (Lipinski definition) is 1. The van der Waals surface area contributed by atoms with Gasteiger partial charge < -0.3 is 10.5 Å². The van der Waals surface area contributed by atoms with Gasteiger partial charge in [-0.25, -0.2) is 8.42 Å². The second-order valence-electron chi connectivity index (χ2n) is 5.91. The molecule has 1 atom stereocenters. The number of hydrogen-bond acceptors (Lipinski definition) is 5. The average Bonchev–Trinajstić information content (AvgIpc) is 2.54. The number of carbonyl (C=O) groups excluding carboxylic acids is 1. The average molecular weight is 347 g/mol. The third-order valence-corrected chi connectivity index (χ3v) is 4.91. The lowest BCUT2D eigenvalue weighted by atomic mass is 9.85. The van der Waals surface area contributed by atoms with Crippen LogP contribution in [-0.4, -0.2) is 33.3 Å². The van der Waals surface area contributed by atoms with Gasteiger partial charge in [0.2, 0.25) is 0 Å². The van der Waals surface area contributed by atoms with Crippen molar-refractivity contribution >= 4 is 15.8 Å². The van der Waals surface area contributed by atoms with Gasteiger partial charge in [0.1, 0.15) is 5.54 Å². The van der Waals surface area contributed by atoms with Crippen molar-refractivity contribution in [1.29, 1.82) is 0 Å². The molecule has 5 nitrogen and oxygen atoms in total. The molecule has 2 aromatic carbocycles. The summed E-state index contributed by atoms with van der Waals surface area (Å²) in [5, 5.41) is 0. The highest BCUT2D eigenvalue weighted by Crippen LogP contribution is 2.21. The molecule has 0 fully saturated rings. The molecule has 6 heteroatoms. The predicted molar refractivity (Wildman–Crippen MR) is 92.3 cm³/mol. The van der Waals surface area contributed by atoms with Gasteiger partial charge in [0, 0.05) is 19.1 Å². The Hall–Kier alpha value is -2.18. The van der Waals surface area contributed by atoms with Gasteiger partial charge in [0.15, 0.2) is 9.84 Å². The minimum atomic E-state index is -3.32. The summed E-state index contributed by atoms with van der Waals surface area (Å²) in [5.41, 5.74) is 6.66. The topological polar surface area (TPSA) is 86.5 Å². The van der Waals surface area contributed by atoms with Gasteiger partial charge in [-0.3, -0.25) is 4.79 Å². The van der Waals surface area contributed by atoms with Crippen LogP contribution in [0.2, 0.25) is 0 Å². The lowest BCUT2D eigenvalue weighted by molar-refractivity contribution is -0.147. The van der Waals surface area contributed by atoms with E-state index in [-0.39, 0.29) is 11.3 Å². The first-order valence-electron chi connectivity index (χ1n) is 7.45. The van der Waals surface area contributed by atoms with Crippen molar-refractivity contribution in [3.05, 3.63) is 65.7 Å². The summed E-state index contributed by atoms with van der Waals surface area (Å²) in [7, 11) is -2.03. The number of methoxy groups -OCH3 is 1. The van der Waals surface area contributed by atoms with E-state index in [0.717, 1.165) is 11.8 Å². The molecule has 0 spiro atoms. The van der Waals surface area contributed by atoms with Crippen LogP contribution in [0, 0.1) is 0 Å². The Labute approximate surface area is 142 Å². The smallest absolute Gasteiger partial charge is 0.326 e. The van der Waals surface area contributed by atoms with E-state index in [1.165, 1.54) is 13.2 Å². The Bertz CT molecular complexity index is 818. The zero-order valence-electron chi connectivity index (χ0n) is 13.7. The van der Waals surface area contributed by atoms with Crippen molar-refractivity contribution in [2.45, 2.75) is 23.3 Å². The van der Waals surface area contributed by atoms with E-state index in [9.17, 15) is 13.2 Å². The molecule has 0 saturated carbocycles. The van der Waals surface area contributed by atoms with Crippen molar-refractivity contribution in [1.82, 2.24) is 0 Å². The van der Waals surface area contributed by atoms with Gasteiger partial charge in [-0.2, -0.15) is 0 Å². The first kappa shape index (κ1) is 18.2. The third kappa shape index (κ3) is 4.43. The van der Waals surface area contributed by atoms with E-state index in [0.29, 0.717) is 12.0 Å². The summed E-state index contributed by atoms with van der Waals surface area (Å²) in [5.74, 6) is -0.531. The lowest BCUT2D eigenvalue weighted by Crippen LogP contribution is -2.52. The largest absolute Gasteiger partial charge is 0.468 e. The van der Waals surface area contributed by atoms with Crippen LogP contribution in [0.25, 0.3) is 0 Å². The zero-order chi connectivity index (χ0) is 17.8. The third-order valence-electron chi connectivity index (χ3n) is 3.80. The van der Waals surface area contributed by atoms with E-state index in [1.54, 1.807) is 18.2 Å². The zero-order valence-corrected chi connectivity index (χ0v) is 14.5. The molecule has 0 unspecified atom stereocenters. The first-order valence-corrected chi connectivity index (χ1v) is 9.34. The Kier molecular flexibility index (Phi) is 5.41. The van der Waals surface area contributed by atoms with Gasteiger partial charge in [-0.15, -0.1) is 0 Å². The molecule has 2 aromatic rings. The Morgan fingerprint density at radius 3 is 2.21 bits per heavy atom. The number of ether oxygens (including phenoxy) is 1. The molecular formula is C18H21NO4S. The second kappa shape index (κ2) is 7.15. The van der Waals surface area contributed by atoms with Crippen molar-refractivity contribution in [3.8, 4) is 0 Å². The van der Waals surface area contributed by atoms with Crippen LogP contribution >= 0.6 is 0 Å². The summed E-state index contributed by atoms with van der Waals surface area (Å²) >= 11 is 0. The van der Waals surface area contributed by atoms with Crippen LogP contribution in [0.4, 0.5) is 0 Å². The normalized spacial score (nSPS) is 14.0. The van der Waals surface area contributed by atoms with Crippen LogP contribution in [0.15, 0.2) is 59.5 Å². The van der Waals surface area contributed by atoms with E-state index < -0.39 is 21.3 Å². The summed E-state index contributed by atoms with van der Waals surface area (Å²) in [4.78, 5) is 12.5. The fraction of sp³-hybridized carbons (Fsp3) is 0.278. The number of rotatable bonds is 6. The van der Waals surface area contributed by atoms with E-state index in [4.69, 9.17) is 10.5 Å². The molecule has 0 heterocycles. The van der Waals surface area contributed by atoms with Crippen molar-refractivity contribution in [2.24, 2.45) is 5.73 Å². The van der Waals surface area contributed by atoms with Gasteiger partial charge >= 0.3 is 5.97 Å². The van der Waals surface area contributed by atoms with Crippen LogP contribution in [-0.2, 0) is 32.2 Å². The molecular weight excluding hydrogens is 326 g/mol. The highest BCUT2D eigenvalue weighted by molar-refractivity contribution is 7.90. The standard InChI is InChI=1S/C18H21NO4S/c1-23-17(20)18(19,12-14-7-4-3-5-8-14)13-15-9-6-10-16(11-15)24(2,21)22/h3-11H,12-13,19H2,1-2H3/t18-/m0/s1. The summed E-state index contributed by atoms with van der Waals surface area (Å²) in [6.45, 7) is 0. The van der Waals surface area contributed by atoms with Crippen LogP contribution in [0.1, 0.15) is 11.1 Å². The van der Waals surface area contributed by atoms with Gasteiger partial charge in [0.05, 0.1) is 12.0 Å². The molecule has 0 aliphatic rings. The molecule has 0 amide bonds. The Balaban J connectivity index is 2.34. The Morgan fingerprint density at radius 1 is 1.04 bits per heavy atom. The van der Waals surface area contributed by atoms with Crippen molar-refractivity contribution in [3.63, 3.8) is 0 Å². The van der Waals surface area contributed by atoms with Crippen LogP contribution in [0.3, 0.4) is 0 Å². The SMILES string of the molecule is COC(=O)[C@](N)(Cc1ccccc1)Cc1cccc(S(C)(=O)=O)c1. The van der Waals surface area contributed by atoms with Crippen LogP contribution in [0.5, 0.6) is 0 Å². The molecule has 0 saturated heterocycles. The lowest BCUT2D eigenvalue weighted by Gasteiger charge is -2.27. The van der Waals surface area contributed by atoms with E-state index >= 15 is 0 Å². The predicted octanol–water partition coefficient (Wildman–Crippen LogP) is 1.75. The molecule has 24 heavy (non-hydrogen) atoms. The summed E-state index contributed by atoms with van der Waals surface area (Å²) in [6, 6.07) is 15.9. The minimum Gasteiger partial charge on any atom is -0.468 e. The van der Waals surface area contributed by atoms with Gasteiger partial charge in [-0.05, 0) is 23.3 Å². The van der Waals surface area contributed by atoms with E-state index in [1.807, 2.05) is 30.3 Å². The van der Waals surface area contributed by atoms with Crippen molar-refractivity contribution in [2.75, 3.05) is 13.4 Å². The van der Waals surface area contributed by atoms with Crippen LogP contribution < -0.4 is 5.73 Å². The highest BCUT2D eigenvalue weighted by Gasteiger charge is 2.35. The first-order chi connectivity index (χ1) is 11.2. The molecule has 0 radical (unpaired) electrons. The fourth-order valence-corrected chi connectivity index (χ4v) is 3.31. The van der Waals surface area contributed by atoms with E-state index in [2.05, 4.69) is 0 Å². The molecule has 2 N–H and O–H groups in total. The number of benzene rings is 2. The molecule has 2 rings (SSSR count). The highest BCUT2D eigenvalue weighted by atomic mass is 32.2. The number of esters is 1. The Morgan fingerprint density at radius 2 is 1.62 bits per heavy atom. The molecule has 0 aromatic heterocycles. The summed E-state index contributed by atoms with van der Waals surface area (Å²) in [6.07, 6.45) is 1.62. The molecule has 0 aliphatic carbocycles. The van der Waals surface area contributed by atoms with Gasteiger partial charge in [-0.1, -0.05) is 42.5 Å². The minimum absolute atomic E-state index is 0.178. The monoisotopic (exact) mass is 347 g/mol. The maximum atomic E-state index is 12.3. The maximum Gasteiger partial charge on any atom is 0.326 e. The number of carbonyl (C=O) groups is 1. The quantitative estimate of drug-likeness (QED) is 0.805. The second-order valence-corrected chi connectivity index (χ2v) is 7.92. The molecule has 128 valence electrons. The van der Waals surface area contributed by atoms with Gasteiger partial charge in [0.25, 0.3) is 0 Å². The molecule has 0 bridgehead atoms. The molecule has 0 aliphatic heterocycles. The summed E-state index contributed by atoms with van der Waals surface area (Å²) < 4.78 is 28.3. The maximum absolute atomic E-state index is 12.3. The fourth-order valence-electron chi connectivity index (χ4n) is 2.62. The van der Waals surface area contributed by atoms with Crippen molar-refractivity contribution < 1.29 is 17.9 Å².